The molecule has 0 spiro atoms. The van der Waals surface area contributed by atoms with Gasteiger partial charge in [-0.25, -0.2) is 0 Å². The summed E-state index contributed by atoms with van der Waals surface area (Å²) in [6, 6.07) is 24.1. The number of fused-ring (bicyclic) bond motifs is 1. The van der Waals surface area contributed by atoms with Crippen LogP contribution >= 0.6 is 0 Å². The first-order valence-electron chi connectivity index (χ1n) is 12.6. The molecule has 2 N–H and O–H groups in total. The molecular formula is C29H36N2O3. The largest absolute Gasteiger partial charge is 0.490 e. The van der Waals surface area contributed by atoms with E-state index in [4.69, 9.17) is 4.74 Å². The number of nitrogens with one attached hydrogen (secondary N) is 1. The van der Waals surface area contributed by atoms with Gasteiger partial charge in [0.25, 0.3) is 0 Å². The summed E-state index contributed by atoms with van der Waals surface area (Å²) in [5.74, 6) is 0.856. The smallest absolute Gasteiger partial charge is 0.230 e. The molecule has 1 saturated heterocycles. The fourth-order valence-corrected chi connectivity index (χ4v) is 4.71. The van der Waals surface area contributed by atoms with E-state index in [-0.39, 0.29) is 18.4 Å². The highest BCUT2D eigenvalue weighted by atomic mass is 16.5. The summed E-state index contributed by atoms with van der Waals surface area (Å²) in [5.41, 5.74) is 1.07. The fraction of sp³-hybridized carbons (Fsp3) is 0.414. The molecular weight excluding hydrogens is 424 g/mol. The van der Waals surface area contributed by atoms with Crippen LogP contribution in [0.2, 0.25) is 0 Å². The maximum atomic E-state index is 13.4. The lowest BCUT2D eigenvalue weighted by Gasteiger charge is -2.27. The maximum absolute atomic E-state index is 13.4. The molecule has 3 aromatic carbocycles. The van der Waals surface area contributed by atoms with E-state index in [1.807, 2.05) is 60.7 Å². The molecule has 0 radical (unpaired) electrons. The normalized spacial score (nSPS) is 16.1. The predicted molar refractivity (Wildman–Crippen MR) is 137 cm³/mol. The molecule has 0 saturated carbocycles. The van der Waals surface area contributed by atoms with Crippen molar-refractivity contribution in [3.05, 3.63) is 78.4 Å². The van der Waals surface area contributed by atoms with Crippen LogP contribution in [0.4, 0.5) is 0 Å². The van der Waals surface area contributed by atoms with Crippen LogP contribution in [-0.4, -0.2) is 54.8 Å². The van der Waals surface area contributed by atoms with Crippen molar-refractivity contribution < 1.29 is 14.6 Å². The summed E-state index contributed by atoms with van der Waals surface area (Å²) in [7, 11) is 0. The molecule has 0 aromatic heterocycles. The Balaban J connectivity index is 1.27. The van der Waals surface area contributed by atoms with Gasteiger partial charge in [-0.3, -0.25) is 4.79 Å². The van der Waals surface area contributed by atoms with Gasteiger partial charge in [-0.05, 0) is 42.8 Å². The Morgan fingerprint density at radius 1 is 0.912 bits per heavy atom. The molecule has 1 aliphatic heterocycles. The van der Waals surface area contributed by atoms with E-state index in [0.29, 0.717) is 19.5 Å². The van der Waals surface area contributed by atoms with E-state index in [2.05, 4.69) is 22.3 Å². The number of hydrogen-bond acceptors (Lipinski definition) is 4. The fourth-order valence-electron chi connectivity index (χ4n) is 4.71. The summed E-state index contributed by atoms with van der Waals surface area (Å²) >= 11 is 0. The van der Waals surface area contributed by atoms with E-state index in [1.54, 1.807) is 0 Å². The average molecular weight is 461 g/mol. The first kappa shape index (κ1) is 24.2. The Morgan fingerprint density at radius 3 is 2.41 bits per heavy atom. The second kappa shape index (κ2) is 12.5. The summed E-state index contributed by atoms with van der Waals surface area (Å²) in [6.45, 7) is 3.02. The van der Waals surface area contributed by atoms with E-state index >= 15 is 0 Å². The number of aliphatic hydroxyl groups excluding tert-OH is 1. The van der Waals surface area contributed by atoms with Gasteiger partial charge in [-0.1, -0.05) is 79.6 Å². The third kappa shape index (κ3) is 6.58. The lowest BCUT2D eigenvalue weighted by molar-refractivity contribution is -0.133. The zero-order valence-corrected chi connectivity index (χ0v) is 19.9. The third-order valence-corrected chi connectivity index (χ3v) is 6.59. The minimum absolute atomic E-state index is 0.157. The SMILES string of the molecule is O=C(C(CCNCC(O)COc1cccc2ccccc12)c1ccccc1)N1CCCCCC1. The Bertz CT molecular complexity index is 1030. The van der Waals surface area contributed by atoms with Gasteiger partial charge in [0.15, 0.2) is 0 Å². The van der Waals surface area contributed by atoms with Crippen LogP contribution in [0, 0.1) is 0 Å². The predicted octanol–water partition coefficient (Wildman–Crippen LogP) is 4.75. The van der Waals surface area contributed by atoms with Crippen molar-refractivity contribution in [2.75, 3.05) is 32.8 Å². The van der Waals surface area contributed by atoms with E-state index < -0.39 is 6.10 Å². The highest BCUT2D eigenvalue weighted by molar-refractivity contribution is 5.88. The van der Waals surface area contributed by atoms with E-state index in [0.717, 1.165) is 48.0 Å². The number of hydrogen-bond donors (Lipinski definition) is 2. The molecule has 5 heteroatoms. The van der Waals surface area contributed by atoms with Crippen molar-refractivity contribution in [3.8, 4) is 5.75 Å². The average Bonchev–Trinajstić information content (AvgIpc) is 3.17. The Labute approximate surface area is 202 Å². The minimum atomic E-state index is -0.629. The van der Waals surface area contributed by atoms with Crippen LogP contribution in [0.5, 0.6) is 5.75 Å². The van der Waals surface area contributed by atoms with Gasteiger partial charge < -0.3 is 20.1 Å². The number of aliphatic hydroxyl groups is 1. The van der Waals surface area contributed by atoms with Crippen molar-refractivity contribution in [3.63, 3.8) is 0 Å². The Morgan fingerprint density at radius 2 is 1.62 bits per heavy atom. The molecule has 3 aromatic rings. The van der Waals surface area contributed by atoms with Crippen LogP contribution in [0.15, 0.2) is 72.8 Å². The Hall–Kier alpha value is -2.89. The Kier molecular flexibility index (Phi) is 8.94. The van der Waals surface area contributed by atoms with Crippen LogP contribution in [0.1, 0.15) is 43.6 Å². The topological polar surface area (TPSA) is 61.8 Å². The second-order valence-electron chi connectivity index (χ2n) is 9.14. The monoisotopic (exact) mass is 460 g/mol. The molecule has 1 fully saturated rings. The lowest BCUT2D eigenvalue weighted by atomic mass is 9.94. The number of likely N-dealkylation sites (tertiary alicyclic amines) is 1. The van der Waals surface area contributed by atoms with Crippen LogP contribution in [-0.2, 0) is 4.79 Å². The lowest BCUT2D eigenvalue weighted by Crippen LogP contribution is -2.38. The molecule has 4 rings (SSSR count). The minimum Gasteiger partial charge on any atom is -0.490 e. The molecule has 1 heterocycles. The number of amides is 1. The zero-order valence-electron chi connectivity index (χ0n) is 19.9. The highest BCUT2D eigenvalue weighted by Gasteiger charge is 2.26. The molecule has 1 aliphatic rings. The van der Waals surface area contributed by atoms with Gasteiger partial charge in [0.2, 0.25) is 5.91 Å². The van der Waals surface area contributed by atoms with Crippen molar-refractivity contribution >= 4 is 16.7 Å². The van der Waals surface area contributed by atoms with Gasteiger partial charge in [0.05, 0.1) is 5.92 Å². The highest BCUT2D eigenvalue weighted by Crippen LogP contribution is 2.26. The van der Waals surface area contributed by atoms with Gasteiger partial charge in [-0.2, -0.15) is 0 Å². The number of carbonyl (C=O) groups is 1. The standard InChI is InChI=1S/C29H36N2O3/c32-25(22-34-28-16-10-14-23-13-6-7-15-26(23)28)21-30-18-17-27(24-11-4-3-5-12-24)29(33)31-19-8-1-2-9-20-31/h3-7,10-16,25,27,30,32H,1-2,8-9,17-22H2. The molecule has 2 unspecified atom stereocenters. The molecule has 2 atom stereocenters. The van der Waals surface area contributed by atoms with Gasteiger partial charge in [-0.15, -0.1) is 0 Å². The molecule has 0 aliphatic carbocycles. The zero-order chi connectivity index (χ0) is 23.6. The number of ether oxygens (including phenoxy) is 1. The third-order valence-electron chi connectivity index (χ3n) is 6.59. The summed E-state index contributed by atoms with van der Waals surface area (Å²) in [4.78, 5) is 15.4. The van der Waals surface area contributed by atoms with Gasteiger partial charge >= 0.3 is 0 Å². The van der Waals surface area contributed by atoms with E-state index in [9.17, 15) is 9.90 Å². The van der Waals surface area contributed by atoms with Crippen LogP contribution in [0.3, 0.4) is 0 Å². The summed E-state index contributed by atoms with van der Waals surface area (Å²) in [5, 5.41) is 15.9. The maximum Gasteiger partial charge on any atom is 0.230 e. The van der Waals surface area contributed by atoms with Crippen LogP contribution in [0.25, 0.3) is 10.8 Å². The van der Waals surface area contributed by atoms with Gasteiger partial charge in [0, 0.05) is 25.0 Å². The first-order chi connectivity index (χ1) is 16.7. The molecule has 0 bridgehead atoms. The summed E-state index contributed by atoms with van der Waals surface area (Å²) in [6.07, 6.45) is 4.68. The van der Waals surface area contributed by atoms with Crippen molar-refractivity contribution in [2.45, 2.75) is 44.1 Å². The van der Waals surface area contributed by atoms with Gasteiger partial charge in [0.1, 0.15) is 18.5 Å². The van der Waals surface area contributed by atoms with Crippen molar-refractivity contribution in [2.24, 2.45) is 0 Å². The number of benzene rings is 3. The number of nitrogens with zero attached hydrogens (tertiary/aromatic N) is 1. The van der Waals surface area contributed by atoms with Crippen molar-refractivity contribution in [1.82, 2.24) is 10.2 Å². The van der Waals surface area contributed by atoms with E-state index in [1.165, 1.54) is 12.8 Å². The molecule has 34 heavy (non-hydrogen) atoms. The molecule has 180 valence electrons. The van der Waals surface area contributed by atoms with Crippen molar-refractivity contribution in [1.29, 1.82) is 0 Å². The quantitative estimate of drug-likeness (QED) is 0.429. The second-order valence-corrected chi connectivity index (χ2v) is 9.14. The number of carbonyl (C=O) groups excluding carboxylic acids is 1. The number of rotatable bonds is 10. The summed E-state index contributed by atoms with van der Waals surface area (Å²) < 4.78 is 5.91. The van der Waals surface area contributed by atoms with Crippen LogP contribution < -0.4 is 10.1 Å². The molecule has 1 amide bonds. The first-order valence-corrected chi connectivity index (χ1v) is 12.6. The molecule has 5 nitrogen and oxygen atoms in total.